The van der Waals surface area contributed by atoms with Gasteiger partial charge in [-0.3, -0.25) is 14.4 Å². The van der Waals surface area contributed by atoms with E-state index in [2.05, 4.69) is 22.5 Å². The van der Waals surface area contributed by atoms with Gasteiger partial charge in [-0.15, -0.1) is 16.9 Å². The zero-order valence-electron chi connectivity index (χ0n) is 25.4. The van der Waals surface area contributed by atoms with Crippen molar-refractivity contribution < 1.29 is 19.5 Å². The molecule has 5 atom stereocenters. The standard InChI is InChI=1S/C34H38N6O4S/c1-33-17-11-21-38(24-13-5-4-6-14-24)30(42)27(33)28-31(43)39(20-9-2-3-10-22-41)29-32(44)37(19-12-18-34(28,29)45-33)23-40-26-16-8-7-15-25(26)35-36-40/h4-8,11-18,27-29,41H,2-3,9-10,19-23H2,1H3/t27-,28-,29?,33+,34-/m0/s1. The van der Waals surface area contributed by atoms with Crippen LogP contribution in [0.4, 0.5) is 5.69 Å². The molecule has 2 fully saturated rings. The van der Waals surface area contributed by atoms with E-state index in [1.807, 2.05) is 73.7 Å². The van der Waals surface area contributed by atoms with Crippen LogP contribution in [-0.4, -0.2) is 89.4 Å². The van der Waals surface area contributed by atoms with Gasteiger partial charge in [-0.1, -0.05) is 72.7 Å². The number of para-hydroxylation sites is 2. The highest BCUT2D eigenvalue weighted by Crippen LogP contribution is 2.65. The van der Waals surface area contributed by atoms with E-state index in [9.17, 15) is 19.5 Å². The van der Waals surface area contributed by atoms with Gasteiger partial charge < -0.3 is 19.8 Å². The molecule has 2 aromatic carbocycles. The van der Waals surface area contributed by atoms with Crippen LogP contribution >= 0.6 is 11.8 Å². The largest absolute Gasteiger partial charge is 0.396 e. The topological polar surface area (TPSA) is 112 Å². The van der Waals surface area contributed by atoms with E-state index in [0.29, 0.717) is 32.5 Å². The van der Waals surface area contributed by atoms with Gasteiger partial charge in [-0.25, -0.2) is 4.68 Å². The second-order valence-electron chi connectivity index (χ2n) is 12.5. The molecule has 11 heteroatoms. The molecule has 4 aliphatic heterocycles. The molecule has 2 saturated heterocycles. The summed E-state index contributed by atoms with van der Waals surface area (Å²) in [5.74, 6) is -1.69. The Balaban J connectivity index is 1.27. The summed E-state index contributed by atoms with van der Waals surface area (Å²) in [4.78, 5) is 49.2. The summed E-state index contributed by atoms with van der Waals surface area (Å²) < 4.78 is 0.148. The predicted molar refractivity (Wildman–Crippen MR) is 173 cm³/mol. The van der Waals surface area contributed by atoms with Gasteiger partial charge in [0.05, 0.1) is 22.1 Å². The van der Waals surface area contributed by atoms with Gasteiger partial charge in [0.2, 0.25) is 17.7 Å². The number of thioether (sulfide) groups is 1. The monoisotopic (exact) mass is 626 g/mol. The molecule has 0 saturated carbocycles. The van der Waals surface area contributed by atoms with E-state index in [0.717, 1.165) is 29.6 Å². The number of likely N-dealkylation sites (tertiary alicyclic amines) is 1. The third kappa shape index (κ3) is 4.87. The molecule has 1 aromatic heterocycles. The minimum Gasteiger partial charge on any atom is -0.396 e. The molecule has 1 N–H and O–H groups in total. The van der Waals surface area contributed by atoms with Gasteiger partial charge in [0, 0.05) is 36.7 Å². The van der Waals surface area contributed by atoms with Crippen molar-refractivity contribution in [3.05, 3.63) is 78.9 Å². The van der Waals surface area contributed by atoms with Crippen LogP contribution in [0.15, 0.2) is 78.9 Å². The van der Waals surface area contributed by atoms with Crippen LogP contribution in [0.1, 0.15) is 32.6 Å². The van der Waals surface area contributed by atoms with Gasteiger partial charge in [0.15, 0.2) is 0 Å². The van der Waals surface area contributed by atoms with Crippen molar-refractivity contribution in [2.75, 3.05) is 31.1 Å². The number of hydrogen-bond donors (Lipinski definition) is 1. The molecular weight excluding hydrogens is 588 g/mol. The van der Waals surface area contributed by atoms with Crippen LogP contribution in [-0.2, 0) is 21.1 Å². The third-order valence-electron chi connectivity index (χ3n) is 9.74. The predicted octanol–water partition coefficient (Wildman–Crippen LogP) is 3.63. The molecule has 0 bridgehead atoms. The first-order valence-electron chi connectivity index (χ1n) is 15.8. The van der Waals surface area contributed by atoms with Gasteiger partial charge in [0.25, 0.3) is 0 Å². The van der Waals surface area contributed by atoms with Crippen LogP contribution in [0.3, 0.4) is 0 Å². The zero-order valence-corrected chi connectivity index (χ0v) is 26.2. The van der Waals surface area contributed by atoms with Crippen LogP contribution in [0, 0.1) is 11.8 Å². The minimum absolute atomic E-state index is 0.0870. The molecule has 0 aliphatic carbocycles. The lowest BCUT2D eigenvalue weighted by atomic mass is 9.74. The Hall–Kier alpha value is -3.96. The van der Waals surface area contributed by atoms with Gasteiger partial charge in [0.1, 0.15) is 18.2 Å². The average Bonchev–Trinajstić information content (AvgIpc) is 3.57. The lowest BCUT2D eigenvalue weighted by molar-refractivity contribution is -0.143. The Morgan fingerprint density at radius 1 is 0.867 bits per heavy atom. The number of aromatic nitrogens is 3. The number of hydrogen-bond acceptors (Lipinski definition) is 7. The Morgan fingerprint density at radius 2 is 1.62 bits per heavy atom. The average molecular weight is 627 g/mol. The summed E-state index contributed by atoms with van der Waals surface area (Å²) in [6.45, 7) is 3.59. The van der Waals surface area contributed by atoms with Gasteiger partial charge in [-0.05, 0) is 44.0 Å². The number of benzene rings is 2. The number of aliphatic hydroxyl groups is 1. The molecule has 7 rings (SSSR count). The molecule has 5 heterocycles. The van der Waals surface area contributed by atoms with Crippen molar-refractivity contribution in [3.63, 3.8) is 0 Å². The van der Waals surface area contributed by atoms with Crippen LogP contribution in [0.25, 0.3) is 11.0 Å². The molecular formula is C34H38N6O4S. The lowest BCUT2D eigenvalue weighted by Crippen LogP contribution is -2.53. The number of unbranched alkanes of at least 4 members (excludes halogenated alkanes) is 3. The highest BCUT2D eigenvalue weighted by molar-refractivity contribution is 8.02. The number of fused-ring (bicyclic) bond motifs is 3. The normalized spacial score (nSPS) is 29.2. The Bertz CT molecular complexity index is 1680. The summed E-state index contributed by atoms with van der Waals surface area (Å²) in [6, 6.07) is 16.5. The van der Waals surface area contributed by atoms with Gasteiger partial charge >= 0.3 is 0 Å². The number of nitrogens with zero attached hydrogens (tertiary/aromatic N) is 6. The number of aliphatic hydroxyl groups excluding tert-OH is 1. The number of amides is 3. The number of anilines is 1. The summed E-state index contributed by atoms with van der Waals surface area (Å²) >= 11 is 1.60. The van der Waals surface area contributed by atoms with E-state index in [1.165, 1.54) is 0 Å². The first-order chi connectivity index (χ1) is 21.9. The third-order valence-corrected chi connectivity index (χ3v) is 11.5. The molecule has 1 spiro atoms. The van der Waals surface area contributed by atoms with Crippen LogP contribution in [0.2, 0.25) is 0 Å². The minimum atomic E-state index is -0.905. The van der Waals surface area contributed by atoms with Crippen molar-refractivity contribution in [1.82, 2.24) is 24.8 Å². The first kappa shape index (κ1) is 29.7. The molecule has 45 heavy (non-hydrogen) atoms. The van der Waals surface area contributed by atoms with Crippen molar-refractivity contribution in [1.29, 1.82) is 0 Å². The molecule has 4 aliphatic rings. The van der Waals surface area contributed by atoms with Crippen molar-refractivity contribution in [2.45, 2.75) is 54.8 Å². The highest BCUT2D eigenvalue weighted by Gasteiger charge is 2.73. The SMILES string of the molecule is C[C@@]12C=CCN(c3ccccc3)C(=O)[C@@H]1[C@H]1C(=O)N(CCCCCCO)C3C(=O)N(Cn4nnc5ccccc54)CC=C[C@@]31S2. The van der Waals surface area contributed by atoms with Crippen LogP contribution < -0.4 is 4.90 Å². The fourth-order valence-corrected chi connectivity index (χ4v) is 9.86. The first-order valence-corrected chi connectivity index (χ1v) is 16.6. The molecule has 0 radical (unpaired) electrons. The molecule has 1 unspecified atom stereocenters. The van der Waals surface area contributed by atoms with E-state index in [-0.39, 0.29) is 31.0 Å². The lowest BCUT2D eigenvalue weighted by Gasteiger charge is -2.36. The Kier molecular flexibility index (Phi) is 7.77. The summed E-state index contributed by atoms with van der Waals surface area (Å²) in [5.41, 5.74) is 2.37. The maximum absolute atomic E-state index is 14.7. The van der Waals surface area contributed by atoms with Crippen molar-refractivity contribution in [2.24, 2.45) is 11.8 Å². The van der Waals surface area contributed by atoms with E-state index in [1.54, 1.807) is 31.1 Å². The van der Waals surface area contributed by atoms with Crippen molar-refractivity contribution >= 4 is 46.2 Å². The fourth-order valence-electron chi connectivity index (χ4n) is 7.71. The molecule has 3 amide bonds. The maximum atomic E-state index is 14.7. The molecule has 10 nitrogen and oxygen atoms in total. The maximum Gasteiger partial charge on any atom is 0.248 e. The second-order valence-corrected chi connectivity index (χ2v) is 14.3. The number of carbonyl (C=O) groups is 3. The summed E-state index contributed by atoms with van der Waals surface area (Å²) in [7, 11) is 0. The van der Waals surface area contributed by atoms with Crippen LogP contribution in [0.5, 0.6) is 0 Å². The smallest absolute Gasteiger partial charge is 0.248 e. The number of carbonyl (C=O) groups excluding carboxylic acids is 3. The highest BCUT2D eigenvalue weighted by atomic mass is 32.2. The quantitative estimate of drug-likeness (QED) is 0.285. The fraction of sp³-hybridized carbons (Fsp3) is 0.441. The van der Waals surface area contributed by atoms with Crippen molar-refractivity contribution in [3.8, 4) is 0 Å². The zero-order chi connectivity index (χ0) is 31.2. The summed E-state index contributed by atoms with van der Waals surface area (Å²) in [5, 5.41) is 17.9. The Labute approximate surface area is 266 Å². The van der Waals surface area contributed by atoms with Gasteiger partial charge in [-0.2, -0.15) is 0 Å². The van der Waals surface area contributed by atoms with E-state index < -0.39 is 27.4 Å². The summed E-state index contributed by atoms with van der Waals surface area (Å²) in [6.07, 6.45) is 11.3. The second kappa shape index (κ2) is 11.8. The Morgan fingerprint density at radius 3 is 2.44 bits per heavy atom. The van der Waals surface area contributed by atoms with E-state index in [4.69, 9.17) is 0 Å². The molecule has 3 aromatic rings. The molecule has 234 valence electrons. The number of rotatable bonds is 9. The van der Waals surface area contributed by atoms with E-state index >= 15 is 0 Å².